The summed E-state index contributed by atoms with van der Waals surface area (Å²) in [5.41, 5.74) is 1.78. The Kier molecular flexibility index (Phi) is 3.73. The van der Waals surface area contributed by atoms with Crippen molar-refractivity contribution in [1.29, 1.82) is 0 Å². The van der Waals surface area contributed by atoms with E-state index in [1.54, 1.807) is 7.05 Å². The van der Waals surface area contributed by atoms with Crippen LogP contribution in [0.5, 0.6) is 0 Å². The minimum absolute atomic E-state index is 0.0944. The molecule has 0 aliphatic carbocycles. The Bertz CT molecular complexity index is 589. The zero-order valence-corrected chi connectivity index (χ0v) is 11.6. The number of ketones is 1. The van der Waals surface area contributed by atoms with E-state index >= 15 is 0 Å². The molecule has 1 N–H and O–H groups in total. The SMILES string of the molecule is CCn1cc(C(=O)C(C)NC)c2cc(Cl)ccc21. The van der Waals surface area contributed by atoms with Crippen molar-refractivity contribution < 1.29 is 4.79 Å². The maximum absolute atomic E-state index is 12.3. The van der Waals surface area contributed by atoms with Gasteiger partial charge in [0.15, 0.2) is 5.78 Å². The summed E-state index contributed by atoms with van der Waals surface area (Å²) in [6.45, 7) is 4.76. The molecule has 96 valence electrons. The van der Waals surface area contributed by atoms with Crippen LogP contribution in [0.15, 0.2) is 24.4 Å². The third kappa shape index (κ3) is 2.16. The number of carbonyl (C=O) groups is 1. The van der Waals surface area contributed by atoms with Gasteiger partial charge in [0, 0.05) is 34.2 Å². The summed E-state index contributed by atoms with van der Waals surface area (Å²) >= 11 is 6.03. The number of rotatable bonds is 4. The molecular weight excluding hydrogens is 248 g/mol. The molecule has 1 aromatic carbocycles. The van der Waals surface area contributed by atoms with Crippen LogP contribution in [0.2, 0.25) is 5.02 Å². The summed E-state index contributed by atoms with van der Waals surface area (Å²) in [4.78, 5) is 12.3. The van der Waals surface area contributed by atoms with Gasteiger partial charge in [0.05, 0.1) is 6.04 Å². The molecule has 0 aliphatic heterocycles. The zero-order chi connectivity index (χ0) is 13.3. The molecule has 3 nitrogen and oxygen atoms in total. The molecule has 1 unspecified atom stereocenters. The van der Waals surface area contributed by atoms with Crippen LogP contribution in [0.3, 0.4) is 0 Å². The number of carbonyl (C=O) groups excluding carboxylic acids is 1. The maximum atomic E-state index is 12.3. The van der Waals surface area contributed by atoms with Gasteiger partial charge in [-0.3, -0.25) is 4.79 Å². The molecular formula is C14H17ClN2O. The number of halogens is 1. The number of aryl methyl sites for hydroxylation is 1. The number of benzene rings is 1. The Morgan fingerprint density at radius 3 is 2.83 bits per heavy atom. The van der Waals surface area contributed by atoms with Crippen molar-refractivity contribution in [1.82, 2.24) is 9.88 Å². The highest BCUT2D eigenvalue weighted by molar-refractivity contribution is 6.31. The van der Waals surface area contributed by atoms with Gasteiger partial charge < -0.3 is 9.88 Å². The summed E-state index contributed by atoms with van der Waals surface area (Å²) < 4.78 is 2.07. The predicted molar refractivity (Wildman–Crippen MR) is 75.5 cm³/mol. The monoisotopic (exact) mass is 264 g/mol. The summed E-state index contributed by atoms with van der Waals surface area (Å²) in [6, 6.07) is 5.48. The Morgan fingerprint density at radius 1 is 1.50 bits per heavy atom. The maximum Gasteiger partial charge on any atom is 0.181 e. The minimum Gasteiger partial charge on any atom is -0.347 e. The van der Waals surface area contributed by atoms with Gasteiger partial charge in [-0.05, 0) is 39.1 Å². The molecule has 18 heavy (non-hydrogen) atoms. The average Bonchev–Trinajstić information content (AvgIpc) is 2.74. The van der Waals surface area contributed by atoms with Gasteiger partial charge in [-0.2, -0.15) is 0 Å². The van der Waals surface area contributed by atoms with Gasteiger partial charge in [0.1, 0.15) is 0 Å². The van der Waals surface area contributed by atoms with Gasteiger partial charge in [-0.1, -0.05) is 11.6 Å². The second kappa shape index (κ2) is 5.12. The number of nitrogens with one attached hydrogen (secondary N) is 1. The highest BCUT2D eigenvalue weighted by Crippen LogP contribution is 2.26. The molecule has 0 saturated heterocycles. The van der Waals surface area contributed by atoms with Crippen LogP contribution in [-0.4, -0.2) is 23.4 Å². The number of nitrogens with zero attached hydrogens (tertiary/aromatic N) is 1. The van der Waals surface area contributed by atoms with Crippen LogP contribution in [0.1, 0.15) is 24.2 Å². The summed E-state index contributed by atoms with van der Waals surface area (Å²) in [5.74, 6) is 0.0944. The first-order valence-electron chi connectivity index (χ1n) is 6.08. The second-order valence-corrected chi connectivity index (χ2v) is 4.80. The Labute approximate surface area is 112 Å². The predicted octanol–water partition coefficient (Wildman–Crippen LogP) is 3.11. The molecule has 1 aromatic heterocycles. The van der Waals surface area contributed by atoms with Gasteiger partial charge in [0.25, 0.3) is 0 Å². The molecule has 2 rings (SSSR count). The van der Waals surface area contributed by atoms with Crippen molar-refractivity contribution in [3.63, 3.8) is 0 Å². The number of Topliss-reactive ketones (excluding diaryl/α,β-unsaturated/α-hetero) is 1. The number of likely N-dealkylation sites (N-methyl/N-ethyl adjacent to an activating group) is 1. The van der Waals surface area contributed by atoms with E-state index in [9.17, 15) is 4.79 Å². The molecule has 1 heterocycles. The Hall–Kier alpha value is -1.32. The van der Waals surface area contributed by atoms with Crippen molar-refractivity contribution in [3.05, 3.63) is 35.0 Å². The standard InChI is InChI=1S/C14H17ClN2O/c1-4-17-8-12(14(18)9(2)16-3)11-7-10(15)5-6-13(11)17/h5-9,16H,4H2,1-3H3. The highest BCUT2D eigenvalue weighted by Gasteiger charge is 2.19. The lowest BCUT2D eigenvalue weighted by molar-refractivity contribution is 0.0956. The number of aromatic nitrogens is 1. The van der Waals surface area contributed by atoms with E-state index in [1.807, 2.05) is 31.3 Å². The van der Waals surface area contributed by atoms with E-state index in [-0.39, 0.29) is 11.8 Å². The summed E-state index contributed by atoms with van der Waals surface area (Å²) in [5, 5.41) is 4.56. The van der Waals surface area contributed by atoms with Crippen LogP contribution in [0.25, 0.3) is 10.9 Å². The molecule has 0 bridgehead atoms. The first-order chi connectivity index (χ1) is 8.58. The van der Waals surface area contributed by atoms with E-state index in [0.29, 0.717) is 5.02 Å². The molecule has 0 radical (unpaired) electrons. The summed E-state index contributed by atoms with van der Waals surface area (Å²) in [7, 11) is 1.79. The second-order valence-electron chi connectivity index (χ2n) is 4.36. The molecule has 1 atom stereocenters. The van der Waals surface area contributed by atoms with Gasteiger partial charge in [0.2, 0.25) is 0 Å². The van der Waals surface area contributed by atoms with E-state index in [1.165, 1.54) is 0 Å². The van der Waals surface area contributed by atoms with Crippen molar-refractivity contribution in [2.45, 2.75) is 26.4 Å². The van der Waals surface area contributed by atoms with Crippen LogP contribution < -0.4 is 5.32 Å². The molecule has 0 fully saturated rings. The topological polar surface area (TPSA) is 34.0 Å². The van der Waals surface area contributed by atoms with Gasteiger partial charge >= 0.3 is 0 Å². The number of hydrogen-bond acceptors (Lipinski definition) is 2. The lowest BCUT2D eigenvalue weighted by Crippen LogP contribution is -2.30. The third-order valence-corrected chi connectivity index (χ3v) is 3.51. The quantitative estimate of drug-likeness (QED) is 0.861. The Balaban J connectivity index is 2.63. The molecule has 4 heteroatoms. The molecule has 0 spiro atoms. The lowest BCUT2D eigenvalue weighted by atomic mass is 10.0. The van der Waals surface area contributed by atoms with E-state index in [4.69, 9.17) is 11.6 Å². The minimum atomic E-state index is -0.195. The van der Waals surface area contributed by atoms with Crippen molar-refractivity contribution >= 4 is 28.3 Å². The lowest BCUT2D eigenvalue weighted by Gasteiger charge is -2.07. The third-order valence-electron chi connectivity index (χ3n) is 3.28. The van der Waals surface area contributed by atoms with Crippen LogP contribution in [-0.2, 0) is 6.54 Å². The number of hydrogen-bond donors (Lipinski definition) is 1. The van der Waals surface area contributed by atoms with Gasteiger partial charge in [-0.15, -0.1) is 0 Å². The smallest absolute Gasteiger partial charge is 0.181 e. The molecule has 0 saturated carbocycles. The zero-order valence-electron chi connectivity index (χ0n) is 10.8. The van der Waals surface area contributed by atoms with Crippen molar-refractivity contribution in [3.8, 4) is 0 Å². The fourth-order valence-electron chi connectivity index (χ4n) is 2.09. The number of fused-ring (bicyclic) bond motifs is 1. The van der Waals surface area contributed by atoms with Crippen molar-refractivity contribution in [2.75, 3.05) is 7.05 Å². The molecule has 0 aliphatic rings. The molecule has 2 aromatic rings. The fraction of sp³-hybridized carbons (Fsp3) is 0.357. The first-order valence-corrected chi connectivity index (χ1v) is 6.46. The van der Waals surface area contributed by atoms with E-state index in [2.05, 4.69) is 16.8 Å². The Morgan fingerprint density at radius 2 is 2.22 bits per heavy atom. The van der Waals surface area contributed by atoms with Gasteiger partial charge in [-0.25, -0.2) is 0 Å². The largest absolute Gasteiger partial charge is 0.347 e. The average molecular weight is 265 g/mol. The highest BCUT2D eigenvalue weighted by atomic mass is 35.5. The summed E-state index contributed by atoms with van der Waals surface area (Å²) in [6.07, 6.45) is 1.91. The molecule has 0 amide bonds. The normalized spacial score (nSPS) is 12.9. The fourth-order valence-corrected chi connectivity index (χ4v) is 2.26. The van der Waals surface area contributed by atoms with Crippen LogP contribution >= 0.6 is 11.6 Å². The van der Waals surface area contributed by atoms with Crippen LogP contribution in [0.4, 0.5) is 0 Å². The van der Waals surface area contributed by atoms with Crippen LogP contribution in [0, 0.1) is 0 Å². The van der Waals surface area contributed by atoms with E-state index in [0.717, 1.165) is 23.0 Å². The first kappa shape index (κ1) is 13.1. The van der Waals surface area contributed by atoms with Crippen molar-refractivity contribution in [2.24, 2.45) is 0 Å². The van der Waals surface area contributed by atoms with E-state index < -0.39 is 0 Å².